The SMILES string of the molecule is CN(C1CCCCC1)S(=O)(=O)N1CCC(O)C1. The molecule has 5 nitrogen and oxygen atoms in total. The van der Waals surface area contributed by atoms with Crippen LogP contribution in [-0.4, -0.2) is 54.4 Å². The van der Waals surface area contributed by atoms with Crippen LogP contribution in [-0.2, 0) is 10.2 Å². The predicted molar refractivity (Wildman–Crippen MR) is 65.8 cm³/mol. The molecular formula is C11H22N2O3S. The predicted octanol–water partition coefficient (Wildman–Crippen LogP) is 0.562. The van der Waals surface area contributed by atoms with Gasteiger partial charge in [0.15, 0.2) is 0 Å². The molecule has 0 bridgehead atoms. The Hall–Kier alpha value is -0.170. The van der Waals surface area contributed by atoms with Crippen molar-refractivity contribution in [3.63, 3.8) is 0 Å². The lowest BCUT2D eigenvalue weighted by Crippen LogP contribution is -2.46. The highest BCUT2D eigenvalue weighted by molar-refractivity contribution is 7.86. The third kappa shape index (κ3) is 2.81. The molecule has 1 saturated heterocycles. The van der Waals surface area contributed by atoms with E-state index >= 15 is 0 Å². The van der Waals surface area contributed by atoms with E-state index in [1.165, 1.54) is 15.0 Å². The molecule has 0 amide bonds. The minimum Gasteiger partial charge on any atom is -0.392 e. The Morgan fingerprint density at radius 3 is 2.35 bits per heavy atom. The van der Waals surface area contributed by atoms with Crippen LogP contribution in [0.4, 0.5) is 0 Å². The van der Waals surface area contributed by atoms with E-state index in [1.54, 1.807) is 7.05 Å². The van der Waals surface area contributed by atoms with Crippen molar-refractivity contribution >= 4 is 10.2 Å². The topological polar surface area (TPSA) is 60.9 Å². The summed E-state index contributed by atoms with van der Waals surface area (Å²) in [6, 6.07) is 0.145. The molecule has 2 fully saturated rings. The standard InChI is InChI=1S/C11H22N2O3S/c1-12(10-5-3-2-4-6-10)17(15,16)13-8-7-11(14)9-13/h10-11,14H,2-9H2,1H3. The lowest BCUT2D eigenvalue weighted by atomic mass is 9.96. The van der Waals surface area contributed by atoms with E-state index in [9.17, 15) is 13.5 Å². The summed E-state index contributed by atoms with van der Waals surface area (Å²) in [4.78, 5) is 0. The first-order valence-electron chi connectivity index (χ1n) is 6.43. The maximum atomic E-state index is 12.3. The second kappa shape index (κ2) is 5.22. The summed E-state index contributed by atoms with van der Waals surface area (Å²) < 4.78 is 27.6. The summed E-state index contributed by atoms with van der Waals surface area (Å²) in [6.07, 6.45) is 5.44. The van der Waals surface area contributed by atoms with Crippen molar-refractivity contribution in [2.45, 2.75) is 50.7 Å². The molecule has 0 aromatic rings. The van der Waals surface area contributed by atoms with Crippen molar-refractivity contribution in [1.82, 2.24) is 8.61 Å². The van der Waals surface area contributed by atoms with Crippen LogP contribution in [0.3, 0.4) is 0 Å². The van der Waals surface area contributed by atoms with Crippen molar-refractivity contribution in [3.05, 3.63) is 0 Å². The van der Waals surface area contributed by atoms with Gasteiger partial charge in [-0.3, -0.25) is 0 Å². The van der Waals surface area contributed by atoms with Crippen LogP contribution in [0.5, 0.6) is 0 Å². The maximum Gasteiger partial charge on any atom is 0.282 e. The van der Waals surface area contributed by atoms with Crippen LogP contribution < -0.4 is 0 Å². The maximum absolute atomic E-state index is 12.3. The third-order valence-electron chi connectivity index (χ3n) is 3.91. The Morgan fingerprint density at radius 2 is 1.82 bits per heavy atom. The Bertz CT molecular complexity index is 352. The molecule has 1 unspecified atom stereocenters. The number of aliphatic hydroxyl groups excluding tert-OH is 1. The summed E-state index contributed by atoms with van der Waals surface area (Å²) in [5.41, 5.74) is 0. The summed E-state index contributed by atoms with van der Waals surface area (Å²) in [7, 11) is -1.69. The molecule has 0 spiro atoms. The second-order valence-corrected chi connectivity index (χ2v) is 7.10. The molecule has 1 saturated carbocycles. The van der Waals surface area contributed by atoms with Gasteiger partial charge in [0.2, 0.25) is 0 Å². The number of β-amino-alcohol motifs (C(OH)–C–C–N with tert-alkyl or cyclic N) is 1. The van der Waals surface area contributed by atoms with E-state index in [2.05, 4.69) is 0 Å². The van der Waals surface area contributed by atoms with Gasteiger partial charge in [-0.05, 0) is 19.3 Å². The zero-order valence-corrected chi connectivity index (χ0v) is 11.2. The number of aliphatic hydroxyl groups is 1. The van der Waals surface area contributed by atoms with Crippen LogP contribution in [0, 0.1) is 0 Å². The van der Waals surface area contributed by atoms with E-state index in [4.69, 9.17) is 0 Å². The van der Waals surface area contributed by atoms with Crippen LogP contribution in [0.25, 0.3) is 0 Å². The molecule has 6 heteroatoms. The average molecular weight is 262 g/mol. The van der Waals surface area contributed by atoms with Crippen LogP contribution in [0.15, 0.2) is 0 Å². The molecule has 2 aliphatic rings. The monoisotopic (exact) mass is 262 g/mol. The molecule has 0 aromatic carbocycles. The zero-order valence-electron chi connectivity index (χ0n) is 10.4. The number of hydrogen-bond donors (Lipinski definition) is 1. The number of hydrogen-bond acceptors (Lipinski definition) is 3. The summed E-state index contributed by atoms with van der Waals surface area (Å²) in [5.74, 6) is 0. The highest BCUT2D eigenvalue weighted by Crippen LogP contribution is 2.26. The van der Waals surface area contributed by atoms with Crippen LogP contribution in [0.2, 0.25) is 0 Å². The molecule has 0 aromatic heterocycles. The lowest BCUT2D eigenvalue weighted by Gasteiger charge is -2.33. The third-order valence-corrected chi connectivity index (χ3v) is 5.92. The largest absolute Gasteiger partial charge is 0.392 e. The first kappa shape index (κ1) is 13.3. The lowest BCUT2D eigenvalue weighted by molar-refractivity contribution is 0.187. The van der Waals surface area contributed by atoms with Crippen molar-refractivity contribution in [2.24, 2.45) is 0 Å². The molecule has 1 aliphatic heterocycles. The van der Waals surface area contributed by atoms with Gasteiger partial charge in [-0.15, -0.1) is 0 Å². The molecule has 1 aliphatic carbocycles. The Kier molecular flexibility index (Phi) is 4.07. The van der Waals surface area contributed by atoms with Gasteiger partial charge in [0.05, 0.1) is 6.10 Å². The number of rotatable bonds is 3. The molecule has 100 valence electrons. The van der Waals surface area contributed by atoms with E-state index in [0.717, 1.165) is 25.7 Å². The molecular weight excluding hydrogens is 240 g/mol. The van der Waals surface area contributed by atoms with Crippen LogP contribution >= 0.6 is 0 Å². The molecule has 0 radical (unpaired) electrons. The molecule has 2 rings (SSSR count). The van der Waals surface area contributed by atoms with Gasteiger partial charge >= 0.3 is 0 Å². The van der Waals surface area contributed by atoms with Gasteiger partial charge in [0, 0.05) is 26.2 Å². The molecule has 17 heavy (non-hydrogen) atoms. The first-order valence-corrected chi connectivity index (χ1v) is 7.82. The summed E-state index contributed by atoms with van der Waals surface area (Å²) in [6.45, 7) is 0.694. The van der Waals surface area contributed by atoms with E-state index in [0.29, 0.717) is 13.0 Å². The molecule has 1 heterocycles. The Morgan fingerprint density at radius 1 is 1.18 bits per heavy atom. The highest BCUT2D eigenvalue weighted by Gasteiger charge is 2.36. The second-order valence-electron chi connectivity index (χ2n) is 5.12. The van der Waals surface area contributed by atoms with Crippen molar-refractivity contribution in [2.75, 3.05) is 20.1 Å². The van der Waals surface area contributed by atoms with Crippen molar-refractivity contribution in [3.8, 4) is 0 Å². The first-order chi connectivity index (χ1) is 8.01. The van der Waals surface area contributed by atoms with Gasteiger partial charge in [-0.25, -0.2) is 0 Å². The Labute approximate surface area is 104 Å². The van der Waals surface area contributed by atoms with Gasteiger partial charge in [-0.1, -0.05) is 19.3 Å². The summed E-state index contributed by atoms with van der Waals surface area (Å²) >= 11 is 0. The van der Waals surface area contributed by atoms with E-state index in [-0.39, 0.29) is 12.6 Å². The van der Waals surface area contributed by atoms with Gasteiger partial charge in [0.1, 0.15) is 0 Å². The van der Waals surface area contributed by atoms with Gasteiger partial charge < -0.3 is 5.11 Å². The number of nitrogens with zero attached hydrogens (tertiary/aromatic N) is 2. The van der Waals surface area contributed by atoms with E-state index in [1.807, 2.05) is 0 Å². The molecule has 1 atom stereocenters. The highest BCUT2D eigenvalue weighted by atomic mass is 32.2. The fraction of sp³-hybridized carbons (Fsp3) is 1.00. The van der Waals surface area contributed by atoms with Crippen molar-refractivity contribution < 1.29 is 13.5 Å². The normalized spacial score (nSPS) is 29.0. The average Bonchev–Trinajstić information content (AvgIpc) is 2.77. The van der Waals surface area contributed by atoms with Crippen LogP contribution in [0.1, 0.15) is 38.5 Å². The fourth-order valence-corrected chi connectivity index (χ4v) is 4.38. The fourth-order valence-electron chi connectivity index (χ4n) is 2.74. The van der Waals surface area contributed by atoms with Crippen molar-refractivity contribution in [1.29, 1.82) is 0 Å². The van der Waals surface area contributed by atoms with Gasteiger partial charge in [-0.2, -0.15) is 17.0 Å². The smallest absolute Gasteiger partial charge is 0.282 e. The van der Waals surface area contributed by atoms with Gasteiger partial charge in [0.25, 0.3) is 10.2 Å². The summed E-state index contributed by atoms with van der Waals surface area (Å²) in [5, 5.41) is 9.43. The minimum atomic E-state index is -3.36. The zero-order chi connectivity index (χ0) is 12.5. The van der Waals surface area contributed by atoms with E-state index < -0.39 is 16.3 Å². The minimum absolute atomic E-state index is 0.145. The Balaban J connectivity index is 2.03. The molecule has 1 N–H and O–H groups in total. The quantitative estimate of drug-likeness (QED) is 0.808.